The highest BCUT2D eigenvalue weighted by Gasteiger charge is 2.15. The van der Waals surface area contributed by atoms with Gasteiger partial charge in [-0.15, -0.1) is 0 Å². The molecule has 1 aromatic heterocycles. The van der Waals surface area contributed by atoms with Crippen LogP contribution in [0.1, 0.15) is 46.9 Å². The minimum Gasteiger partial charge on any atom is -0.477 e. The van der Waals surface area contributed by atoms with Gasteiger partial charge in [-0.2, -0.15) is 0 Å². The van der Waals surface area contributed by atoms with Crippen molar-refractivity contribution >= 4 is 5.97 Å². The van der Waals surface area contributed by atoms with E-state index >= 15 is 0 Å². The van der Waals surface area contributed by atoms with E-state index in [1.165, 1.54) is 11.6 Å². The van der Waals surface area contributed by atoms with Crippen LogP contribution in [-0.2, 0) is 6.42 Å². The van der Waals surface area contributed by atoms with Crippen LogP contribution >= 0.6 is 0 Å². The Bertz CT molecular complexity index is 988. The molecule has 0 radical (unpaired) electrons. The zero-order valence-electron chi connectivity index (χ0n) is 14.8. The van der Waals surface area contributed by atoms with Crippen LogP contribution in [0, 0.1) is 0 Å². The average molecular weight is 347 g/mol. The minimum absolute atomic E-state index is 0.242. The third-order valence-electron chi connectivity index (χ3n) is 4.49. The summed E-state index contributed by atoms with van der Waals surface area (Å²) in [6.07, 6.45) is 0.535. The fourth-order valence-corrected chi connectivity index (χ4v) is 3.21. The van der Waals surface area contributed by atoms with Gasteiger partial charge in [0.05, 0.1) is 0 Å². The van der Waals surface area contributed by atoms with E-state index in [0.29, 0.717) is 18.0 Å². The van der Waals surface area contributed by atoms with Gasteiger partial charge in [0.2, 0.25) is 0 Å². The minimum atomic E-state index is -1.22. The number of benzene rings is 2. The molecule has 0 spiro atoms. The molecule has 3 rings (SSSR count). The van der Waals surface area contributed by atoms with Gasteiger partial charge in [0.25, 0.3) is 5.56 Å². The quantitative estimate of drug-likeness (QED) is 0.716. The number of aromatic nitrogens is 1. The van der Waals surface area contributed by atoms with Crippen LogP contribution in [0.2, 0.25) is 0 Å². The van der Waals surface area contributed by atoms with E-state index in [1.54, 1.807) is 6.07 Å². The zero-order valence-corrected chi connectivity index (χ0v) is 14.8. The van der Waals surface area contributed by atoms with Crippen molar-refractivity contribution < 1.29 is 9.90 Å². The summed E-state index contributed by atoms with van der Waals surface area (Å²) in [6, 6.07) is 19.4. The molecule has 0 bridgehead atoms. The van der Waals surface area contributed by atoms with Crippen LogP contribution in [-0.4, -0.2) is 16.1 Å². The second-order valence-electron chi connectivity index (χ2n) is 6.60. The Labute approximate surface area is 152 Å². The highest BCUT2D eigenvalue weighted by molar-refractivity contribution is 5.87. The third-order valence-corrected chi connectivity index (χ3v) is 4.49. The number of H-pyrrole nitrogens is 1. The van der Waals surface area contributed by atoms with Crippen LogP contribution in [0.25, 0.3) is 11.1 Å². The molecule has 4 heteroatoms. The molecule has 3 aromatic rings. The molecule has 0 fully saturated rings. The summed E-state index contributed by atoms with van der Waals surface area (Å²) in [5, 5.41) is 9.04. The molecule has 132 valence electrons. The summed E-state index contributed by atoms with van der Waals surface area (Å²) in [6.45, 7) is 4.29. The number of pyridine rings is 1. The average Bonchev–Trinajstić information content (AvgIpc) is 2.62. The Morgan fingerprint density at radius 2 is 1.73 bits per heavy atom. The van der Waals surface area contributed by atoms with Gasteiger partial charge in [0, 0.05) is 12.1 Å². The normalized spacial score (nSPS) is 10.9. The van der Waals surface area contributed by atoms with Gasteiger partial charge in [-0.1, -0.05) is 62.4 Å². The zero-order chi connectivity index (χ0) is 18.7. The lowest BCUT2D eigenvalue weighted by Gasteiger charge is -2.18. The summed E-state index contributed by atoms with van der Waals surface area (Å²) >= 11 is 0. The second kappa shape index (κ2) is 7.40. The largest absolute Gasteiger partial charge is 0.477 e. The van der Waals surface area contributed by atoms with Crippen molar-refractivity contribution in [3.05, 3.63) is 93.4 Å². The smallest absolute Gasteiger partial charge is 0.341 e. The number of carbonyl (C=O) groups is 1. The Hall–Kier alpha value is -3.14. The van der Waals surface area contributed by atoms with Gasteiger partial charge in [0.15, 0.2) is 0 Å². The van der Waals surface area contributed by atoms with Crippen LogP contribution in [0.4, 0.5) is 0 Å². The van der Waals surface area contributed by atoms with Gasteiger partial charge >= 0.3 is 5.97 Å². The van der Waals surface area contributed by atoms with Crippen LogP contribution in [0.5, 0.6) is 0 Å². The molecule has 0 aliphatic carbocycles. The summed E-state index contributed by atoms with van der Waals surface area (Å²) in [5.41, 5.74) is 4.49. The highest BCUT2D eigenvalue weighted by atomic mass is 16.4. The van der Waals surface area contributed by atoms with E-state index in [2.05, 4.69) is 49.2 Å². The molecule has 2 N–H and O–H groups in total. The van der Waals surface area contributed by atoms with E-state index in [9.17, 15) is 9.59 Å². The molecule has 26 heavy (non-hydrogen) atoms. The van der Waals surface area contributed by atoms with Gasteiger partial charge in [-0.3, -0.25) is 4.79 Å². The molecule has 2 aromatic carbocycles. The summed E-state index contributed by atoms with van der Waals surface area (Å²) in [5.74, 6) is -0.885. The van der Waals surface area contributed by atoms with Gasteiger partial charge < -0.3 is 10.1 Å². The summed E-state index contributed by atoms with van der Waals surface area (Å²) in [7, 11) is 0. The van der Waals surface area contributed by atoms with Crippen molar-refractivity contribution in [3.63, 3.8) is 0 Å². The predicted octanol–water partition coefficient (Wildman–Crippen LogP) is 4.45. The highest BCUT2D eigenvalue weighted by Crippen LogP contribution is 2.31. The lowest BCUT2D eigenvalue weighted by atomic mass is 9.88. The maximum absolute atomic E-state index is 12.0. The number of hydrogen-bond donors (Lipinski definition) is 2. The van der Waals surface area contributed by atoms with Crippen LogP contribution in [0.15, 0.2) is 65.5 Å². The second-order valence-corrected chi connectivity index (χ2v) is 6.60. The number of nitrogens with one attached hydrogen (secondary N) is 1. The first-order valence-corrected chi connectivity index (χ1v) is 8.60. The Morgan fingerprint density at radius 1 is 1.00 bits per heavy atom. The molecule has 0 saturated heterocycles. The number of aromatic amines is 1. The fraction of sp³-hybridized carbons (Fsp3) is 0.182. The molecule has 0 amide bonds. The van der Waals surface area contributed by atoms with Crippen molar-refractivity contribution in [1.29, 1.82) is 0 Å². The van der Waals surface area contributed by atoms with E-state index < -0.39 is 11.5 Å². The maximum atomic E-state index is 12.0. The first-order valence-electron chi connectivity index (χ1n) is 8.60. The lowest BCUT2D eigenvalue weighted by Crippen LogP contribution is -2.18. The van der Waals surface area contributed by atoms with Crippen molar-refractivity contribution in [2.24, 2.45) is 0 Å². The van der Waals surface area contributed by atoms with Crippen LogP contribution in [0.3, 0.4) is 0 Å². The molecule has 0 aliphatic heterocycles. The topological polar surface area (TPSA) is 70.2 Å². The summed E-state index contributed by atoms with van der Waals surface area (Å²) in [4.78, 5) is 25.8. The predicted molar refractivity (Wildman–Crippen MR) is 103 cm³/mol. The van der Waals surface area contributed by atoms with Gasteiger partial charge in [-0.25, -0.2) is 4.79 Å². The first kappa shape index (κ1) is 17.7. The van der Waals surface area contributed by atoms with E-state index in [0.717, 1.165) is 16.7 Å². The maximum Gasteiger partial charge on any atom is 0.341 e. The van der Waals surface area contributed by atoms with Crippen molar-refractivity contribution in [3.8, 4) is 11.1 Å². The molecule has 4 nitrogen and oxygen atoms in total. The van der Waals surface area contributed by atoms with E-state index in [4.69, 9.17) is 5.11 Å². The Kier molecular flexibility index (Phi) is 5.03. The van der Waals surface area contributed by atoms with Gasteiger partial charge in [0.1, 0.15) is 5.56 Å². The van der Waals surface area contributed by atoms with E-state index in [1.807, 2.05) is 18.2 Å². The van der Waals surface area contributed by atoms with E-state index in [-0.39, 0.29) is 5.56 Å². The molecular formula is C22H21NO3. The lowest BCUT2D eigenvalue weighted by molar-refractivity contribution is 0.0695. The fourth-order valence-electron chi connectivity index (χ4n) is 3.21. The standard InChI is InChI=1S/C22H21NO3/c1-14(2)17-9-6-10-18(15-7-4-3-5-8-15)20(17)13-16-11-12-19(22(25)26)21(24)23-16/h3-12,14H,13H2,1-2H3,(H,23,24)(H,25,26). The molecule has 0 saturated carbocycles. The monoisotopic (exact) mass is 347 g/mol. The molecule has 0 atom stereocenters. The van der Waals surface area contributed by atoms with Crippen LogP contribution < -0.4 is 5.56 Å². The first-order chi connectivity index (χ1) is 12.5. The summed E-state index contributed by atoms with van der Waals surface area (Å²) < 4.78 is 0. The number of hydrogen-bond acceptors (Lipinski definition) is 2. The molecule has 1 heterocycles. The number of rotatable bonds is 5. The SMILES string of the molecule is CC(C)c1cccc(-c2ccccc2)c1Cc1ccc(C(=O)O)c(=O)[nH]1. The molecule has 0 aliphatic rings. The Morgan fingerprint density at radius 3 is 2.35 bits per heavy atom. The number of carboxylic acid groups (broad SMARTS) is 1. The molecular weight excluding hydrogens is 326 g/mol. The number of carboxylic acids is 1. The van der Waals surface area contributed by atoms with Crippen molar-refractivity contribution in [2.45, 2.75) is 26.2 Å². The van der Waals surface area contributed by atoms with Gasteiger partial charge in [-0.05, 0) is 40.3 Å². The number of aromatic carboxylic acids is 1. The van der Waals surface area contributed by atoms with Crippen molar-refractivity contribution in [2.75, 3.05) is 0 Å². The Balaban J connectivity index is 2.10. The molecule has 0 unspecified atom stereocenters. The third kappa shape index (κ3) is 3.59. The van der Waals surface area contributed by atoms with Crippen molar-refractivity contribution in [1.82, 2.24) is 4.98 Å².